The average Bonchev–Trinajstić information content (AvgIpc) is 3.31. The number of alkyl halides is 3. The van der Waals surface area contributed by atoms with Gasteiger partial charge in [-0.15, -0.1) is 0 Å². The van der Waals surface area contributed by atoms with E-state index in [0.717, 1.165) is 6.33 Å². The van der Waals surface area contributed by atoms with E-state index in [-0.39, 0.29) is 11.3 Å². The van der Waals surface area contributed by atoms with Crippen LogP contribution in [-0.4, -0.2) is 35.6 Å². The van der Waals surface area contributed by atoms with Crippen molar-refractivity contribution in [3.63, 3.8) is 0 Å². The molecule has 1 unspecified atom stereocenters. The lowest BCUT2D eigenvalue weighted by Gasteiger charge is -2.15. The molecule has 0 aliphatic rings. The number of hydrogen-bond donors (Lipinski definition) is 1. The summed E-state index contributed by atoms with van der Waals surface area (Å²) in [4.78, 5) is 28.6. The van der Waals surface area contributed by atoms with Crippen LogP contribution in [0.3, 0.4) is 0 Å². The number of halogens is 4. The van der Waals surface area contributed by atoms with E-state index in [1.165, 1.54) is 43.0 Å². The van der Waals surface area contributed by atoms with Crippen LogP contribution in [0.2, 0.25) is 5.02 Å². The Labute approximate surface area is 190 Å². The number of pyridine rings is 1. The predicted octanol–water partition coefficient (Wildman–Crippen LogP) is 4.28. The molecule has 1 amide bonds. The minimum absolute atomic E-state index is 0.00798. The van der Waals surface area contributed by atoms with Crippen molar-refractivity contribution in [3.05, 3.63) is 83.6 Å². The molecule has 3 heterocycles. The number of carbonyl (C=O) groups excluding carboxylic acids is 1. The van der Waals surface area contributed by atoms with Gasteiger partial charge >= 0.3 is 6.18 Å². The van der Waals surface area contributed by atoms with Crippen LogP contribution in [0.1, 0.15) is 34.8 Å². The maximum atomic E-state index is 13.4. The minimum Gasteiger partial charge on any atom is -0.344 e. The van der Waals surface area contributed by atoms with Crippen LogP contribution in [-0.2, 0) is 6.18 Å². The van der Waals surface area contributed by atoms with Gasteiger partial charge in [-0.05, 0) is 37.3 Å². The Bertz CT molecular complexity index is 1280. The SMILES string of the molecule is CC(NC(=O)c1cc(-c2ccc(Cl)cn2)cc(-n2ncnc2C(F)(F)F)c1)c1cnccn1. The van der Waals surface area contributed by atoms with Crippen LogP contribution >= 0.6 is 11.6 Å². The lowest BCUT2D eigenvalue weighted by Crippen LogP contribution is -2.27. The number of hydrogen-bond acceptors (Lipinski definition) is 6. The highest BCUT2D eigenvalue weighted by molar-refractivity contribution is 6.30. The molecular formula is C21H15ClF3N7O. The van der Waals surface area contributed by atoms with Gasteiger partial charge in [0.2, 0.25) is 5.82 Å². The molecule has 3 aromatic heterocycles. The predicted molar refractivity (Wildman–Crippen MR) is 113 cm³/mol. The Kier molecular flexibility index (Phi) is 6.05. The maximum Gasteiger partial charge on any atom is 0.451 e. The third-order valence-corrected chi connectivity index (χ3v) is 4.85. The number of benzene rings is 1. The van der Waals surface area contributed by atoms with Crippen LogP contribution in [0.4, 0.5) is 13.2 Å². The van der Waals surface area contributed by atoms with E-state index in [9.17, 15) is 18.0 Å². The molecule has 1 aromatic carbocycles. The molecule has 0 saturated heterocycles. The Morgan fingerprint density at radius 3 is 2.58 bits per heavy atom. The molecule has 0 spiro atoms. The smallest absolute Gasteiger partial charge is 0.344 e. The molecule has 0 aliphatic heterocycles. The summed E-state index contributed by atoms with van der Waals surface area (Å²) in [5.41, 5.74) is 1.42. The van der Waals surface area contributed by atoms with Crippen molar-refractivity contribution in [2.24, 2.45) is 0 Å². The highest BCUT2D eigenvalue weighted by Gasteiger charge is 2.37. The minimum atomic E-state index is -4.74. The maximum absolute atomic E-state index is 13.4. The van der Waals surface area contributed by atoms with E-state index in [1.54, 1.807) is 19.1 Å². The molecule has 0 aliphatic carbocycles. The second kappa shape index (κ2) is 8.94. The van der Waals surface area contributed by atoms with Gasteiger partial charge in [0.05, 0.1) is 34.3 Å². The fourth-order valence-electron chi connectivity index (χ4n) is 3.07. The lowest BCUT2D eigenvalue weighted by atomic mass is 10.0. The summed E-state index contributed by atoms with van der Waals surface area (Å²) < 4.78 is 40.9. The van der Waals surface area contributed by atoms with Crippen molar-refractivity contribution in [1.29, 1.82) is 0 Å². The third-order valence-electron chi connectivity index (χ3n) is 4.62. The third kappa shape index (κ3) is 4.98. The molecule has 12 heteroatoms. The van der Waals surface area contributed by atoms with Gasteiger partial charge in [0, 0.05) is 29.7 Å². The molecule has 0 saturated carbocycles. The zero-order valence-corrected chi connectivity index (χ0v) is 17.7. The summed E-state index contributed by atoms with van der Waals surface area (Å²) in [7, 11) is 0. The number of nitrogens with zero attached hydrogens (tertiary/aromatic N) is 6. The van der Waals surface area contributed by atoms with Crippen LogP contribution in [0, 0.1) is 0 Å². The van der Waals surface area contributed by atoms with E-state index in [1.807, 2.05) is 0 Å². The Hall–Kier alpha value is -3.86. The first-order chi connectivity index (χ1) is 15.7. The molecule has 0 radical (unpaired) electrons. The largest absolute Gasteiger partial charge is 0.451 e. The molecule has 0 fully saturated rings. The first-order valence-electron chi connectivity index (χ1n) is 9.54. The average molecular weight is 474 g/mol. The quantitative estimate of drug-likeness (QED) is 0.464. The van der Waals surface area contributed by atoms with Crippen LogP contribution in [0.5, 0.6) is 0 Å². The first kappa shape index (κ1) is 22.3. The van der Waals surface area contributed by atoms with Crippen molar-refractivity contribution in [2.45, 2.75) is 19.1 Å². The number of rotatable bonds is 5. The zero-order chi connectivity index (χ0) is 23.6. The summed E-state index contributed by atoms with van der Waals surface area (Å²) in [6.45, 7) is 1.71. The van der Waals surface area contributed by atoms with Crippen LogP contribution < -0.4 is 5.32 Å². The number of carbonyl (C=O) groups is 1. The molecule has 0 bridgehead atoms. The summed E-state index contributed by atoms with van der Waals surface area (Å²) in [6.07, 6.45) is 1.96. The van der Waals surface area contributed by atoms with Crippen molar-refractivity contribution in [2.75, 3.05) is 0 Å². The fourth-order valence-corrected chi connectivity index (χ4v) is 3.18. The molecule has 33 heavy (non-hydrogen) atoms. The van der Waals surface area contributed by atoms with E-state index in [2.05, 4.69) is 30.4 Å². The molecule has 4 aromatic rings. The molecule has 1 N–H and O–H groups in total. The van der Waals surface area contributed by atoms with Gasteiger partial charge in [-0.3, -0.25) is 19.7 Å². The van der Waals surface area contributed by atoms with E-state index < -0.39 is 23.9 Å². The normalized spacial score (nSPS) is 12.4. The Morgan fingerprint density at radius 1 is 1.09 bits per heavy atom. The molecule has 8 nitrogen and oxygen atoms in total. The van der Waals surface area contributed by atoms with Gasteiger partial charge < -0.3 is 5.32 Å². The molecule has 168 valence electrons. The molecular weight excluding hydrogens is 459 g/mol. The van der Waals surface area contributed by atoms with Crippen molar-refractivity contribution < 1.29 is 18.0 Å². The summed E-state index contributed by atoms with van der Waals surface area (Å²) in [5, 5.41) is 6.86. The van der Waals surface area contributed by atoms with Gasteiger partial charge in [0.15, 0.2) is 0 Å². The van der Waals surface area contributed by atoms with Crippen LogP contribution in [0.15, 0.2) is 61.4 Å². The summed E-state index contributed by atoms with van der Waals surface area (Å²) in [6, 6.07) is 6.93. The topological polar surface area (TPSA) is 98.5 Å². The first-order valence-corrected chi connectivity index (χ1v) is 9.91. The lowest BCUT2D eigenvalue weighted by molar-refractivity contribution is -0.146. The number of amides is 1. The second-order valence-electron chi connectivity index (χ2n) is 6.95. The van der Waals surface area contributed by atoms with Crippen LogP contribution in [0.25, 0.3) is 16.9 Å². The van der Waals surface area contributed by atoms with Crippen molar-refractivity contribution in [1.82, 2.24) is 35.0 Å². The zero-order valence-electron chi connectivity index (χ0n) is 17.0. The number of nitrogens with one attached hydrogen (secondary N) is 1. The van der Waals surface area contributed by atoms with E-state index in [0.29, 0.717) is 26.7 Å². The van der Waals surface area contributed by atoms with Crippen molar-refractivity contribution >= 4 is 17.5 Å². The highest BCUT2D eigenvalue weighted by Crippen LogP contribution is 2.30. The monoisotopic (exact) mass is 473 g/mol. The number of aromatic nitrogens is 6. The Balaban J connectivity index is 1.77. The van der Waals surface area contributed by atoms with Gasteiger partial charge in [0.1, 0.15) is 6.33 Å². The summed E-state index contributed by atoms with van der Waals surface area (Å²) >= 11 is 5.89. The van der Waals surface area contributed by atoms with Gasteiger partial charge in [-0.1, -0.05) is 11.6 Å². The van der Waals surface area contributed by atoms with Gasteiger partial charge in [-0.2, -0.15) is 18.3 Å². The Morgan fingerprint density at radius 2 is 1.91 bits per heavy atom. The molecule has 4 rings (SSSR count). The van der Waals surface area contributed by atoms with E-state index >= 15 is 0 Å². The second-order valence-corrected chi connectivity index (χ2v) is 7.39. The highest BCUT2D eigenvalue weighted by atomic mass is 35.5. The van der Waals surface area contributed by atoms with Gasteiger partial charge in [-0.25, -0.2) is 9.67 Å². The standard InChI is InChI=1S/C21H15ClF3N7O/c1-12(18-10-26-4-5-27-18)31-19(33)14-6-13(17-3-2-15(22)9-28-17)7-16(8-14)32-20(21(23,24)25)29-11-30-32/h2-12H,1H3,(H,31,33). The van der Waals surface area contributed by atoms with Gasteiger partial charge in [0.25, 0.3) is 5.91 Å². The summed E-state index contributed by atoms with van der Waals surface area (Å²) in [5.74, 6) is -1.75. The van der Waals surface area contributed by atoms with E-state index in [4.69, 9.17) is 11.6 Å². The van der Waals surface area contributed by atoms with Crippen molar-refractivity contribution in [3.8, 4) is 16.9 Å². The fraction of sp³-hybridized carbons (Fsp3) is 0.143. The molecule has 1 atom stereocenters.